The van der Waals surface area contributed by atoms with Crippen LogP contribution in [0, 0.1) is 10.1 Å². The lowest BCUT2D eigenvalue weighted by Gasteiger charge is -2.11. The number of nitrogens with two attached hydrogens (primary N) is 1. The average molecular weight is 366 g/mol. The molecule has 0 saturated heterocycles. The number of nitrogens with zero attached hydrogens (tertiary/aromatic N) is 1. The summed E-state index contributed by atoms with van der Waals surface area (Å²) in [5.41, 5.74) is -0.139. The summed E-state index contributed by atoms with van der Waals surface area (Å²) >= 11 is 19.1. The van der Waals surface area contributed by atoms with Gasteiger partial charge in [0.25, 0.3) is 5.69 Å². The third kappa shape index (κ3) is 3.72. The van der Waals surface area contributed by atoms with E-state index in [-0.39, 0.29) is 32.3 Å². The first-order valence-corrected chi connectivity index (χ1v) is 7.41. The summed E-state index contributed by atoms with van der Waals surface area (Å²) in [4.78, 5) is 10.8. The van der Waals surface area contributed by atoms with Crippen molar-refractivity contribution in [1.82, 2.24) is 0 Å². The van der Waals surface area contributed by atoms with Crippen LogP contribution in [0.15, 0.2) is 35.2 Å². The van der Waals surface area contributed by atoms with E-state index in [9.17, 15) is 10.1 Å². The van der Waals surface area contributed by atoms with E-state index in [0.29, 0.717) is 4.90 Å². The summed E-state index contributed by atoms with van der Waals surface area (Å²) in [6.45, 7) is 0. The van der Waals surface area contributed by atoms with Gasteiger partial charge in [-0.05, 0) is 30.1 Å². The van der Waals surface area contributed by atoms with Crippen LogP contribution in [-0.2, 0) is 0 Å². The van der Waals surface area contributed by atoms with Crippen molar-refractivity contribution in [3.05, 3.63) is 55.5 Å². The van der Waals surface area contributed by atoms with Crippen molar-refractivity contribution >= 4 is 52.4 Å². The second-order valence-corrected chi connectivity index (χ2v) is 5.74. The zero-order valence-electron chi connectivity index (χ0n) is 10.2. The molecule has 2 aromatic rings. The van der Waals surface area contributed by atoms with Crippen molar-refractivity contribution < 1.29 is 9.66 Å². The van der Waals surface area contributed by atoms with Crippen molar-refractivity contribution in [1.29, 1.82) is 0 Å². The molecule has 0 radical (unpaired) electrons. The quantitative estimate of drug-likeness (QED) is 0.451. The van der Waals surface area contributed by atoms with Crippen LogP contribution in [-0.4, -0.2) is 4.92 Å². The first-order chi connectivity index (χ1) is 9.92. The first kappa shape index (κ1) is 16.2. The number of non-ortho nitro benzene ring substituents is 1. The number of hydrogen-bond donors (Lipinski definition) is 1. The van der Waals surface area contributed by atoms with E-state index in [4.69, 9.17) is 44.7 Å². The second kappa shape index (κ2) is 6.72. The summed E-state index contributed by atoms with van der Waals surface area (Å²) in [6, 6.07) is 7.01. The minimum absolute atomic E-state index is 0.0774. The van der Waals surface area contributed by atoms with Crippen molar-refractivity contribution in [2.45, 2.75) is 4.90 Å². The highest BCUT2D eigenvalue weighted by molar-refractivity contribution is 7.97. The molecule has 110 valence electrons. The summed E-state index contributed by atoms with van der Waals surface area (Å²) in [6.07, 6.45) is 0. The molecule has 2 N–H and O–H groups in total. The Morgan fingerprint density at radius 2 is 1.71 bits per heavy atom. The minimum Gasteiger partial charge on any atom is -0.453 e. The van der Waals surface area contributed by atoms with Gasteiger partial charge in [-0.3, -0.25) is 15.3 Å². The molecule has 0 aromatic heterocycles. The average Bonchev–Trinajstić information content (AvgIpc) is 2.43. The Morgan fingerprint density at radius 1 is 1.10 bits per heavy atom. The number of halogens is 3. The summed E-state index contributed by atoms with van der Waals surface area (Å²) in [5, 5.41) is 16.7. The Morgan fingerprint density at radius 3 is 2.19 bits per heavy atom. The van der Waals surface area contributed by atoms with E-state index < -0.39 is 4.92 Å². The smallest absolute Gasteiger partial charge is 0.271 e. The number of ether oxygens (including phenoxy) is 1. The van der Waals surface area contributed by atoms with Crippen molar-refractivity contribution in [3.63, 3.8) is 0 Å². The largest absolute Gasteiger partial charge is 0.453 e. The zero-order valence-corrected chi connectivity index (χ0v) is 13.3. The third-order valence-corrected chi connectivity index (χ3v) is 3.81. The molecule has 0 amide bonds. The maximum absolute atomic E-state index is 10.7. The topological polar surface area (TPSA) is 78.4 Å². The maximum Gasteiger partial charge on any atom is 0.271 e. The van der Waals surface area contributed by atoms with Gasteiger partial charge in [-0.15, -0.1) is 0 Å². The molecule has 0 spiro atoms. The standard InChI is InChI=1S/C12H7Cl3N2O3S/c13-8-3-6(17(18)19)1-2-11(8)20-12-9(14)4-7(21-16)5-10(12)15/h1-5H,16H2. The van der Waals surface area contributed by atoms with Crippen LogP contribution in [0.5, 0.6) is 11.5 Å². The Bertz CT molecular complexity index is 689. The van der Waals surface area contributed by atoms with Gasteiger partial charge in [0.2, 0.25) is 0 Å². The first-order valence-electron chi connectivity index (χ1n) is 5.40. The van der Waals surface area contributed by atoms with Gasteiger partial charge < -0.3 is 4.74 Å². The lowest BCUT2D eigenvalue weighted by molar-refractivity contribution is -0.384. The summed E-state index contributed by atoms with van der Waals surface area (Å²) < 4.78 is 5.54. The molecule has 9 heteroatoms. The molecule has 0 aliphatic carbocycles. The highest BCUT2D eigenvalue weighted by Gasteiger charge is 2.15. The number of benzene rings is 2. The molecule has 2 rings (SSSR count). The molecule has 0 fully saturated rings. The summed E-state index contributed by atoms with van der Waals surface area (Å²) in [7, 11) is 0. The Kier molecular flexibility index (Phi) is 5.18. The maximum atomic E-state index is 10.7. The van der Waals surface area contributed by atoms with Gasteiger partial charge in [-0.1, -0.05) is 34.8 Å². The van der Waals surface area contributed by atoms with E-state index in [2.05, 4.69) is 0 Å². The van der Waals surface area contributed by atoms with Crippen molar-refractivity contribution in [2.75, 3.05) is 0 Å². The van der Waals surface area contributed by atoms with E-state index in [1.165, 1.54) is 18.2 Å². The van der Waals surface area contributed by atoms with Crippen molar-refractivity contribution in [2.24, 2.45) is 5.14 Å². The molecular formula is C12H7Cl3N2O3S. The van der Waals surface area contributed by atoms with E-state index in [1.807, 2.05) is 0 Å². The number of rotatable bonds is 4. The normalized spacial score (nSPS) is 10.5. The van der Waals surface area contributed by atoms with E-state index >= 15 is 0 Å². The molecule has 0 saturated carbocycles. The molecule has 2 aromatic carbocycles. The molecule has 21 heavy (non-hydrogen) atoms. The van der Waals surface area contributed by atoms with E-state index in [1.54, 1.807) is 12.1 Å². The molecule has 0 bridgehead atoms. The fourth-order valence-electron chi connectivity index (χ4n) is 1.50. The van der Waals surface area contributed by atoms with Crippen LogP contribution in [0.3, 0.4) is 0 Å². The summed E-state index contributed by atoms with van der Waals surface area (Å²) in [5.74, 6) is 0.408. The number of hydrogen-bond acceptors (Lipinski definition) is 5. The van der Waals surface area contributed by atoms with Gasteiger partial charge in [0, 0.05) is 17.0 Å². The van der Waals surface area contributed by atoms with Gasteiger partial charge >= 0.3 is 0 Å². The van der Waals surface area contributed by atoms with Crippen molar-refractivity contribution in [3.8, 4) is 11.5 Å². The molecule has 0 atom stereocenters. The van der Waals surface area contributed by atoms with Crippen LogP contribution < -0.4 is 9.88 Å². The predicted octanol–water partition coefficient (Wildman–Crippen LogP) is 5.31. The number of nitro benzene ring substituents is 1. The minimum atomic E-state index is -0.553. The molecular weight excluding hydrogens is 359 g/mol. The second-order valence-electron chi connectivity index (χ2n) is 3.81. The van der Waals surface area contributed by atoms with Gasteiger partial charge in [0.05, 0.1) is 20.0 Å². The highest BCUT2D eigenvalue weighted by atomic mass is 35.5. The van der Waals surface area contributed by atoms with Crippen LogP contribution >= 0.6 is 46.8 Å². The zero-order chi connectivity index (χ0) is 15.6. The molecule has 0 unspecified atom stereocenters. The fourth-order valence-corrected chi connectivity index (χ4v) is 2.78. The highest BCUT2D eigenvalue weighted by Crippen LogP contribution is 2.41. The van der Waals surface area contributed by atoms with Crippen LogP contribution in [0.4, 0.5) is 5.69 Å². The van der Waals surface area contributed by atoms with E-state index in [0.717, 1.165) is 11.9 Å². The Balaban J connectivity index is 2.37. The predicted molar refractivity (Wildman–Crippen MR) is 84.7 cm³/mol. The van der Waals surface area contributed by atoms with Gasteiger partial charge in [-0.25, -0.2) is 0 Å². The Labute approximate surface area is 139 Å². The number of nitro groups is 1. The molecule has 0 heterocycles. The SMILES string of the molecule is NSc1cc(Cl)c(Oc2ccc([N+](=O)[O-])cc2Cl)c(Cl)c1. The lowest BCUT2D eigenvalue weighted by atomic mass is 10.3. The lowest BCUT2D eigenvalue weighted by Crippen LogP contribution is -1.92. The Hall–Kier alpha value is -1.18. The molecule has 0 aliphatic heterocycles. The van der Waals surface area contributed by atoms with Gasteiger partial charge in [-0.2, -0.15) is 0 Å². The third-order valence-electron chi connectivity index (χ3n) is 2.45. The molecule has 5 nitrogen and oxygen atoms in total. The van der Waals surface area contributed by atoms with Crippen LogP contribution in [0.25, 0.3) is 0 Å². The van der Waals surface area contributed by atoms with Crippen LogP contribution in [0.1, 0.15) is 0 Å². The monoisotopic (exact) mass is 364 g/mol. The fraction of sp³-hybridized carbons (Fsp3) is 0. The van der Waals surface area contributed by atoms with Crippen LogP contribution in [0.2, 0.25) is 15.1 Å². The molecule has 0 aliphatic rings. The van der Waals surface area contributed by atoms with Gasteiger partial charge in [0.15, 0.2) is 5.75 Å². The van der Waals surface area contributed by atoms with Gasteiger partial charge in [0.1, 0.15) is 5.75 Å².